The van der Waals surface area contributed by atoms with Gasteiger partial charge in [0.25, 0.3) is 0 Å². The molecule has 2 rings (SSSR count). The number of carboxylic acid groups (broad SMARTS) is 1. The van der Waals surface area contributed by atoms with Gasteiger partial charge in [0.1, 0.15) is 6.04 Å². The average molecular weight is 297 g/mol. The van der Waals surface area contributed by atoms with Crippen LogP contribution in [0.25, 0.3) is 0 Å². The van der Waals surface area contributed by atoms with E-state index in [1.54, 1.807) is 12.1 Å². The van der Waals surface area contributed by atoms with Crippen LogP contribution >= 0.6 is 0 Å². The van der Waals surface area contributed by atoms with Gasteiger partial charge in [0.15, 0.2) is 0 Å². The first kappa shape index (κ1) is 15.0. The maximum absolute atomic E-state index is 12.2. The highest BCUT2D eigenvalue weighted by Crippen LogP contribution is 2.24. The van der Waals surface area contributed by atoms with Crippen LogP contribution < -0.4 is 4.72 Å². The number of carbonyl (C=O) groups is 1. The average Bonchev–Trinajstić information content (AvgIpc) is 2.85. The standard InChI is InChI=1S/C14H19NO4S/c1-2-4-13(14(16)17)15-20(18,19)12-8-7-10-5-3-6-11(10)9-12/h7-9,13,15H,2-6H2,1H3,(H,16,17)/t13-/m1/s1. The Morgan fingerprint density at radius 1 is 1.35 bits per heavy atom. The molecule has 1 aliphatic rings. The predicted octanol–water partition coefficient (Wildman–Crippen LogP) is 1.71. The zero-order valence-corrected chi connectivity index (χ0v) is 12.2. The van der Waals surface area contributed by atoms with E-state index in [9.17, 15) is 13.2 Å². The molecule has 0 radical (unpaired) electrons. The van der Waals surface area contributed by atoms with E-state index in [0.29, 0.717) is 6.42 Å². The van der Waals surface area contributed by atoms with E-state index in [-0.39, 0.29) is 11.3 Å². The number of rotatable bonds is 6. The molecular formula is C14H19NO4S. The van der Waals surface area contributed by atoms with Crippen molar-refractivity contribution in [1.82, 2.24) is 4.72 Å². The molecule has 0 fully saturated rings. The first-order valence-corrected chi connectivity index (χ1v) is 8.29. The van der Waals surface area contributed by atoms with Gasteiger partial charge >= 0.3 is 5.97 Å². The molecule has 0 amide bonds. The minimum atomic E-state index is -3.78. The van der Waals surface area contributed by atoms with Gasteiger partial charge in [-0.1, -0.05) is 19.4 Å². The van der Waals surface area contributed by atoms with Gasteiger partial charge in [-0.15, -0.1) is 0 Å². The minimum Gasteiger partial charge on any atom is -0.480 e. The molecule has 1 aromatic carbocycles. The number of hydrogen-bond donors (Lipinski definition) is 2. The van der Waals surface area contributed by atoms with Gasteiger partial charge in [0, 0.05) is 0 Å². The Hall–Kier alpha value is -1.40. The highest BCUT2D eigenvalue weighted by molar-refractivity contribution is 7.89. The summed E-state index contributed by atoms with van der Waals surface area (Å²) in [5, 5.41) is 9.04. The second-order valence-corrected chi connectivity index (χ2v) is 6.80. The summed E-state index contributed by atoms with van der Waals surface area (Å²) in [6, 6.07) is 3.97. The Morgan fingerprint density at radius 3 is 2.70 bits per heavy atom. The van der Waals surface area contributed by atoms with Gasteiger partial charge in [-0.2, -0.15) is 4.72 Å². The number of hydrogen-bond acceptors (Lipinski definition) is 3. The number of benzene rings is 1. The third-order valence-electron chi connectivity index (χ3n) is 3.55. The molecule has 5 nitrogen and oxygen atoms in total. The van der Waals surface area contributed by atoms with Crippen LogP contribution in [-0.4, -0.2) is 25.5 Å². The van der Waals surface area contributed by atoms with E-state index >= 15 is 0 Å². The summed E-state index contributed by atoms with van der Waals surface area (Å²) in [6.07, 6.45) is 3.79. The maximum atomic E-state index is 12.2. The lowest BCUT2D eigenvalue weighted by Gasteiger charge is -2.14. The van der Waals surface area contributed by atoms with Crippen molar-refractivity contribution in [2.24, 2.45) is 0 Å². The van der Waals surface area contributed by atoms with E-state index in [1.807, 2.05) is 13.0 Å². The second-order valence-electron chi connectivity index (χ2n) is 5.08. The van der Waals surface area contributed by atoms with Crippen molar-refractivity contribution in [1.29, 1.82) is 0 Å². The van der Waals surface area contributed by atoms with Gasteiger partial charge in [0.2, 0.25) is 10.0 Å². The van der Waals surface area contributed by atoms with Crippen LogP contribution in [0.15, 0.2) is 23.1 Å². The fourth-order valence-electron chi connectivity index (χ4n) is 2.49. The largest absolute Gasteiger partial charge is 0.480 e. The van der Waals surface area contributed by atoms with Crippen LogP contribution in [0.4, 0.5) is 0 Å². The number of fused-ring (bicyclic) bond motifs is 1. The summed E-state index contributed by atoms with van der Waals surface area (Å²) in [6.45, 7) is 1.82. The number of nitrogens with one attached hydrogen (secondary N) is 1. The van der Waals surface area contributed by atoms with Crippen LogP contribution in [0.3, 0.4) is 0 Å². The highest BCUT2D eigenvalue weighted by Gasteiger charge is 2.25. The Labute approximate surface area is 119 Å². The molecule has 0 bridgehead atoms. The van der Waals surface area contributed by atoms with E-state index in [4.69, 9.17) is 5.11 Å². The van der Waals surface area contributed by atoms with Gasteiger partial charge in [-0.25, -0.2) is 8.42 Å². The molecule has 0 heterocycles. The van der Waals surface area contributed by atoms with Crippen molar-refractivity contribution in [3.05, 3.63) is 29.3 Å². The first-order chi connectivity index (χ1) is 9.44. The molecule has 1 aliphatic carbocycles. The fraction of sp³-hybridized carbons (Fsp3) is 0.500. The molecule has 0 saturated carbocycles. The first-order valence-electron chi connectivity index (χ1n) is 6.81. The third kappa shape index (κ3) is 3.19. The lowest BCUT2D eigenvalue weighted by atomic mass is 10.1. The molecule has 0 unspecified atom stereocenters. The Kier molecular flexibility index (Phi) is 4.45. The summed E-state index contributed by atoms with van der Waals surface area (Å²) < 4.78 is 26.8. The molecule has 6 heteroatoms. The maximum Gasteiger partial charge on any atom is 0.321 e. The minimum absolute atomic E-state index is 0.153. The van der Waals surface area contributed by atoms with Gasteiger partial charge in [-0.3, -0.25) is 4.79 Å². The van der Waals surface area contributed by atoms with E-state index in [1.165, 1.54) is 5.56 Å². The van der Waals surface area contributed by atoms with E-state index in [2.05, 4.69) is 4.72 Å². The summed E-state index contributed by atoms with van der Waals surface area (Å²) in [7, 11) is -3.78. The Morgan fingerprint density at radius 2 is 2.05 bits per heavy atom. The van der Waals surface area contributed by atoms with Gasteiger partial charge in [-0.05, 0) is 48.9 Å². The molecule has 110 valence electrons. The Balaban J connectivity index is 2.23. The van der Waals surface area contributed by atoms with Crippen LogP contribution in [-0.2, 0) is 27.7 Å². The monoisotopic (exact) mass is 297 g/mol. The number of aryl methyl sites for hydroxylation is 2. The van der Waals surface area contributed by atoms with Crippen LogP contribution in [0.2, 0.25) is 0 Å². The quantitative estimate of drug-likeness (QED) is 0.837. The molecule has 0 saturated heterocycles. The van der Waals surface area contributed by atoms with Gasteiger partial charge in [0.05, 0.1) is 4.90 Å². The summed E-state index contributed by atoms with van der Waals surface area (Å²) >= 11 is 0. The molecule has 0 aromatic heterocycles. The number of sulfonamides is 1. The number of aliphatic carboxylic acids is 1. The summed E-state index contributed by atoms with van der Waals surface area (Å²) in [4.78, 5) is 11.2. The molecule has 1 aromatic rings. The van der Waals surface area contributed by atoms with Crippen molar-refractivity contribution in [2.75, 3.05) is 0 Å². The van der Waals surface area contributed by atoms with Crippen molar-refractivity contribution >= 4 is 16.0 Å². The van der Waals surface area contributed by atoms with Crippen LogP contribution in [0.1, 0.15) is 37.3 Å². The second kappa shape index (κ2) is 5.93. The zero-order chi connectivity index (χ0) is 14.8. The molecule has 2 N–H and O–H groups in total. The van der Waals surface area contributed by atoms with Crippen molar-refractivity contribution in [3.63, 3.8) is 0 Å². The lowest BCUT2D eigenvalue weighted by Crippen LogP contribution is -2.40. The van der Waals surface area contributed by atoms with Crippen molar-refractivity contribution in [3.8, 4) is 0 Å². The van der Waals surface area contributed by atoms with Crippen LogP contribution in [0.5, 0.6) is 0 Å². The Bertz CT molecular complexity index is 610. The van der Waals surface area contributed by atoms with Crippen molar-refractivity contribution < 1.29 is 18.3 Å². The summed E-state index contributed by atoms with van der Waals surface area (Å²) in [5.41, 5.74) is 2.24. The molecule has 20 heavy (non-hydrogen) atoms. The molecule has 0 spiro atoms. The normalized spacial score (nSPS) is 15.8. The predicted molar refractivity (Wildman–Crippen MR) is 75.1 cm³/mol. The smallest absolute Gasteiger partial charge is 0.321 e. The molecule has 1 atom stereocenters. The SMILES string of the molecule is CCC[C@@H](NS(=O)(=O)c1ccc2c(c1)CCC2)C(=O)O. The zero-order valence-electron chi connectivity index (χ0n) is 11.4. The topological polar surface area (TPSA) is 83.5 Å². The van der Waals surface area contributed by atoms with Gasteiger partial charge < -0.3 is 5.11 Å². The fourth-order valence-corrected chi connectivity index (χ4v) is 3.77. The third-order valence-corrected chi connectivity index (χ3v) is 5.02. The van der Waals surface area contributed by atoms with E-state index < -0.39 is 22.0 Å². The number of carboxylic acids is 1. The lowest BCUT2D eigenvalue weighted by molar-refractivity contribution is -0.139. The highest BCUT2D eigenvalue weighted by atomic mass is 32.2. The summed E-state index contributed by atoms with van der Waals surface area (Å²) in [5.74, 6) is -1.14. The van der Waals surface area contributed by atoms with E-state index in [0.717, 1.165) is 24.8 Å². The van der Waals surface area contributed by atoms with Crippen molar-refractivity contribution in [2.45, 2.75) is 50.0 Å². The molecule has 0 aliphatic heterocycles. The van der Waals surface area contributed by atoms with Crippen LogP contribution in [0, 0.1) is 0 Å². The molecular weight excluding hydrogens is 278 g/mol.